The van der Waals surface area contributed by atoms with Crippen LogP contribution >= 0.6 is 27.5 Å². The van der Waals surface area contributed by atoms with E-state index in [2.05, 4.69) is 33.8 Å². The fraction of sp³-hybridized carbons (Fsp3) is 0.455. The van der Waals surface area contributed by atoms with Crippen LogP contribution in [-0.4, -0.2) is 13.1 Å². The third-order valence-corrected chi connectivity index (χ3v) is 4.25. The maximum Gasteiger partial charge on any atom is 0.0571 e. The highest BCUT2D eigenvalue weighted by Crippen LogP contribution is 2.32. The predicted molar refractivity (Wildman–Crippen MR) is 65.3 cm³/mol. The Labute approximate surface area is 98.2 Å². The molecule has 0 spiro atoms. The van der Waals surface area contributed by atoms with Gasteiger partial charge in [-0.15, -0.1) is 0 Å². The molecule has 0 bridgehead atoms. The molecule has 0 saturated carbocycles. The van der Waals surface area contributed by atoms with Gasteiger partial charge in [0.2, 0.25) is 0 Å². The third kappa shape index (κ3) is 1.91. The van der Waals surface area contributed by atoms with Crippen LogP contribution in [0, 0.1) is 6.92 Å². The first-order chi connectivity index (χ1) is 6.68. The summed E-state index contributed by atoms with van der Waals surface area (Å²) >= 11 is 9.60. The van der Waals surface area contributed by atoms with Gasteiger partial charge in [0.1, 0.15) is 0 Å². The lowest BCUT2D eigenvalue weighted by molar-refractivity contribution is 0.949. The predicted octanol–water partition coefficient (Wildman–Crippen LogP) is 4.01. The molecule has 0 aromatic heterocycles. The molecule has 0 amide bonds. The van der Waals surface area contributed by atoms with Crippen LogP contribution in [0.4, 0.5) is 5.69 Å². The fourth-order valence-corrected chi connectivity index (χ4v) is 2.36. The number of hydrogen-bond donors (Lipinski definition) is 0. The summed E-state index contributed by atoms with van der Waals surface area (Å²) in [6, 6.07) is 4.24. The largest absolute Gasteiger partial charge is 0.371 e. The lowest BCUT2D eigenvalue weighted by atomic mass is 10.2. The Morgan fingerprint density at radius 3 is 2.50 bits per heavy atom. The monoisotopic (exact) mass is 273 g/mol. The van der Waals surface area contributed by atoms with Crippen LogP contribution < -0.4 is 4.90 Å². The molecule has 1 aromatic rings. The summed E-state index contributed by atoms with van der Waals surface area (Å²) in [5, 5.41) is 0.812. The topological polar surface area (TPSA) is 3.24 Å². The summed E-state index contributed by atoms with van der Waals surface area (Å²) in [5.74, 6) is 0. The van der Waals surface area contributed by atoms with Crippen molar-refractivity contribution in [2.24, 2.45) is 0 Å². The molecule has 0 unspecified atom stereocenters. The summed E-state index contributed by atoms with van der Waals surface area (Å²) in [7, 11) is 0. The van der Waals surface area contributed by atoms with Gasteiger partial charge in [0.25, 0.3) is 0 Å². The van der Waals surface area contributed by atoms with Gasteiger partial charge in [-0.25, -0.2) is 0 Å². The van der Waals surface area contributed by atoms with E-state index in [-0.39, 0.29) is 0 Å². The van der Waals surface area contributed by atoms with E-state index in [0.29, 0.717) is 0 Å². The molecule has 1 aliphatic rings. The van der Waals surface area contributed by atoms with Crippen molar-refractivity contribution >= 4 is 33.2 Å². The Balaban J connectivity index is 2.34. The summed E-state index contributed by atoms with van der Waals surface area (Å²) in [4.78, 5) is 2.39. The van der Waals surface area contributed by atoms with Crippen LogP contribution in [0.25, 0.3) is 0 Å². The molecule has 76 valence electrons. The second kappa shape index (κ2) is 4.11. The van der Waals surface area contributed by atoms with Crippen LogP contribution in [0.15, 0.2) is 16.6 Å². The molecule has 0 atom stereocenters. The first kappa shape index (κ1) is 10.3. The Morgan fingerprint density at radius 1 is 1.29 bits per heavy atom. The second-order valence-corrected chi connectivity index (χ2v) is 4.95. The normalized spacial score (nSPS) is 16.4. The molecular weight excluding hydrogens is 261 g/mol. The minimum atomic E-state index is 0.812. The van der Waals surface area contributed by atoms with E-state index < -0.39 is 0 Å². The van der Waals surface area contributed by atoms with Crippen molar-refractivity contribution in [1.82, 2.24) is 0 Å². The highest BCUT2D eigenvalue weighted by atomic mass is 79.9. The van der Waals surface area contributed by atoms with Gasteiger partial charge >= 0.3 is 0 Å². The van der Waals surface area contributed by atoms with E-state index in [0.717, 1.165) is 22.6 Å². The molecule has 0 N–H and O–H groups in total. The van der Waals surface area contributed by atoms with Crippen molar-refractivity contribution in [3.8, 4) is 0 Å². The third-order valence-electron chi connectivity index (χ3n) is 2.67. The van der Waals surface area contributed by atoms with Crippen LogP contribution in [0.2, 0.25) is 5.02 Å². The van der Waals surface area contributed by atoms with Crippen molar-refractivity contribution in [1.29, 1.82) is 0 Å². The fourth-order valence-electron chi connectivity index (χ4n) is 1.87. The quantitative estimate of drug-likeness (QED) is 0.748. The number of aryl methyl sites for hydroxylation is 1. The van der Waals surface area contributed by atoms with Gasteiger partial charge in [-0.05, 0) is 53.4 Å². The summed E-state index contributed by atoms with van der Waals surface area (Å²) in [6.07, 6.45) is 2.60. The molecule has 2 rings (SSSR count). The highest BCUT2D eigenvalue weighted by molar-refractivity contribution is 9.10. The van der Waals surface area contributed by atoms with Gasteiger partial charge < -0.3 is 4.90 Å². The molecule has 1 nitrogen and oxygen atoms in total. The SMILES string of the molecule is Cc1cc(N2CCCC2)cc(Cl)c1Br. The Hall–Kier alpha value is -0.210. The zero-order valence-corrected chi connectivity index (χ0v) is 10.5. The molecule has 14 heavy (non-hydrogen) atoms. The Kier molecular flexibility index (Phi) is 3.03. The summed E-state index contributed by atoms with van der Waals surface area (Å²) in [5.41, 5.74) is 2.47. The van der Waals surface area contributed by atoms with Crippen LogP contribution in [-0.2, 0) is 0 Å². The molecule has 0 radical (unpaired) electrons. The van der Waals surface area contributed by atoms with Gasteiger partial charge in [-0.2, -0.15) is 0 Å². The Morgan fingerprint density at radius 2 is 1.93 bits per heavy atom. The van der Waals surface area contributed by atoms with Crippen molar-refractivity contribution in [2.75, 3.05) is 18.0 Å². The zero-order chi connectivity index (χ0) is 10.1. The lowest BCUT2D eigenvalue weighted by Crippen LogP contribution is -2.17. The molecule has 1 aromatic carbocycles. The van der Waals surface area contributed by atoms with Crippen molar-refractivity contribution in [3.63, 3.8) is 0 Å². The number of anilines is 1. The first-order valence-corrected chi connectivity index (χ1v) is 6.06. The maximum atomic E-state index is 6.12. The minimum absolute atomic E-state index is 0.812. The smallest absolute Gasteiger partial charge is 0.0571 e. The van der Waals surface area contributed by atoms with Gasteiger partial charge in [0, 0.05) is 23.2 Å². The van der Waals surface area contributed by atoms with Crippen molar-refractivity contribution < 1.29 is 0 Å². The average Bonchev–Trinajstić information content (AvgIpc) is 2.66. The van der Waals surface area contributed by atoms with Crippen LogP contribution in [0.5, 0.6) is 0 Å². The average molecular weight is 275 g/mol. The van der Waals surface area contributed by atoms with Gasteiger partial charge in [0.05, 0.1) is 5.02 Å². The lowest BCUT2D eigenvalue weighted by Gasteiger charge is -2.19. The van der Waals surface area contributed by atoms with Crippen molar-refractivity contribution in [3.05, 3.63) is 27.2 Å². The standard InChI is InChI=1S/C11H13BrClN/c1-8-6-9(7-10(13)11(8)12)14-4-2-3-5-14/h6-7H,2-5H2,1H3. The number of hydrogen-bond acceptors (Lipinski definition) is 1. The van der Waals surface area contributed by atoms with Gasteiger partial charge in [-0.1, -0.05) is 11.6 Å². The van der Waals surface area contributed by atoms with Crippen LogP contribution in [0.3, 0.4) is 0 Å². The van der Waals surface area contributed by atoms with E-state index in [1.165, 1.54) is 24.1 Å². The maximum absolute atomic E-state index is 6.12. The molecule has 1 aliphatic heterocycles. The van der Waals surface area contributed by atoms with E-state index in [1.807, 2.05) is 6.07 Å². The van der Waals surface area contributed by atoms with E-state index in [1.54, 1.807) is 0 Å². The zero-order valence-electron chi connectivity index (χ0n) is 8.19. The highest BCUT2D eigenvalue weighted by Gasteiger charge is 2.14. The second-order valence-electron chi connectivity index (χ2n) is 3.75. The first-order valence-electron chi connectivity index (χ1n) is 4.89. The molecule has 1 heterocycles. The van der Waals surface area contributed by atoms with E-state index in [9.17, 15) is 0 Å². The number of halogens is 2. The molecule has 3 heteroatoms. The minimum Gasteiger partial charge on any atom is -0.371 e. The number of rotatable bonds is 1. The van der Waals surface area contributed by atoms with Crippen molar-refractivity contribution in [2.45, 2.75) is 19.8 Å². The molecule has 0 aliphatic carbocycles. The molecule has 1 fully saturated rings. The number of benzene rings is 1. The molecular formula is C11H13BrClN. The van der Waals surface area contributed by atoms with Gasteiger partial charge in [0.15, 0.2) is 0 Å². The Bertz CT molecular complexity index is 322. The summed E-state index contributed by atoms with van der Waals surface area (Å²) in [6.45, 7) is 4.41. The molecule has 1 saturated heterocycles. The van der Waals surface area contributed by atoms with E-state index in [4.69, 9.17) is 11.6 Å². The van der Waals surface area contributed by atoms with E-state index >= 15 is 0 Å². The summed E-state index contributed by atoms with van der Waals surface area (Å²) < 4.78 is 1.02. The van der Waals surface area contributed by atoms with Gasteiger partial charge in [-0.3, -0.25) is 0 Å². The number of nitrogens with zero attached hydrogens (tertiary/aromatic N) is 1. The van der Waals surface area contributed by atoms with Crippen LogP contribution in [0.1, 0.15) is 18.4 Å².